The third-order valence-electron chi connectivity index (χ3n) is 5.85. The Balaban J connectivity index is 1.53. The smallest absolute Gasteiger partial charge is 0.266 e. The van der Waals surface area contributed by atoms with E-state index in [9.17, 15) is 14.9 Å². The van der Waals surface area contributed by atoms with E-state index in [-0.39, 0.29) is 22.5 Å². The number of hydrogen-bond donors (Lipinski definition) is 2. The lowest BCUT2D eigenvalue weighted by atomic mass is 10.1. The van der Waals surface area contributed by atoms with Gasteiger partial charge in [0.1, 0.15) is 17.4 Å². The van der Waals surface area contributed by atoms with E-state index < -0.39 is 5.91 Å². The summed E-state index contributed by atoms with van der Waals surface area (Å²) in [4.78, 5) is 25.1. The highest BCUT2D eigenvalue weighted by Gasteiger charge is 2.25. The Morgan fingerprint density at radius 1 is 1.14 bits per heavy atom. The van der Waals surface area contributed by atoms with Crippen molar-refractivity contribution in [2.75, 3.05) is 12.4 Å². The van der Waals surface area contributed by atoms with Gasteiger partial charge in [-0.1, -0.05) is 11.6 Å². The van der Waals surface area contributed by atoms with Crippen LogP contribution in [0.3, 0.4) is 0 Å². The fourth-order valence-corrected chi connectivity index (χ4v) is 4.10. The zero-order chi connectivity index (χ0) is 25.1. The molecule has 1 aliphatic carbocycles. The molecule has 0 atom stereocenters. The first-order valence-electron chi connectivity index (χ1n) is 11.2. The zero-order valence-corrected chi connectivity index (χ0v) is 20.4. The molecule has 7 nitrogen and oxygen atoms in total. The van der Waals surface area contributed by atoms with E-state index in [1.54, 1.807) is 25.3 Å². The SMILES string of the molecule is COc1ccc(-n2c(C)cc(C=C(C#N)C(=O)Nc3ccc(C(=O)NC4CC4)c(Cl)c3)c2C)cc1. The summed E-state index contributed by atoms with van der Waals surface area (Å²) in [5.41, 5.74) is 4.25. The van der Waals surface area contributed by atoms with Crippen molar-refractivity contribution < 1.29 is 14.3 Å². The molecule has 3 aromatic rings. The molecule has 1 aromatic heterocycles. The van der Waals surface area contributed by atoms with Crippen molar-refractivity contribution in [3.63, 3.8) is 0 Å². The third-order valence-corrected chi connectivity index (χ3v) is 6.16. The summed E-state index contributed by atoms with van der Waals surface area (Å²) in [5, 5.41) is 15.5. The monoisotopic (exact) mass is 488 g/mol. The summed E-state index contributed by atoms with van der Waals surface area (Å²) in [6, 6.07) is 16.4. The molecule has 1 fully saturated rings. The van der Waals surface area contributed by atoms with Crippen LogP contribution in [0.2, 0.25) is 5.02 Å². The number of carbonyl (C=O) groups is 2. The number of hydrogen-bond acceptors (Lipinski definition) is 4. The molecular weight excluding hydrogens is 464 g/mol. The van der Waals surface area contributed by atoms with Crippen LogP contribution in [0.25, 0.3) is 11.8 Å². The van der Waals surface area contributed by atoms with Gasteiger partial charge < -0.3 is 19.9 Å². The molecule has 1 saturated carbocycles. The minimum atomic E-state index is -0.562. The predicted molar refractivity (Wildman–Crippen MR) is 136 cm³/mol. The van der Waals surface area contributed by atoms with Crippen LogP contribution in [0, 0.1) is 25.2 Å². The van der Waals surface area contributed by atoms with Gasteiger partial charge in [0.15, 0.2) is 0 Å². The van der Waals surface area contributed by atoms with E-state index in [0.29, 0.717) is 11.3 Å². The quantitative estimate of drug-likeness (QED) is 0.353. The normalized spacial score (nSPS) is 13.2. The fourth-order valence-electron chi connectivity index (χ4n) is 3.83. The predicted octanol–water partition coefficient (Wildman–Crippen LogP) is 5.19. The standard InChI is InChI=1S/C27H25ClN4O3/c1-16-12-18(17(2)32(16)22-7-9-23(35-3)10-8-22)13-19(15-29)26(33)31-21-6-11-24(25(28)14-21)27(34)30-20-4-5-20/h6-14,20H,4-5H2,1-3H3,(H,30,34)(H,31,33). The molecule has 0 unspecified atom stereocenters. The highest BCUT2D eigenvalue weighted by atomic mass is 35.5. The maximum Gasteiger partial charge on any atom is 0.266 e. The molecule has 2 aromatic carbocycles. The van der Waals surface area contributed by atoms with E-state index in [0.717, 1.165) is 41.2 Å². The Morgan fingerprint density at radius 2 is 1.86 bits per heavy atom. The molecule has 2 N–H and O–H groups in total. The van der Waals surface area contributed by atoms with Gasteiger partial charge in [0.25, 0.3) is 11.8 Å². The Morgan fingerprint density at radius 3 is 2.46 bits per heavy atom. The van der Waals surface area contributed by atoms with Gasteiger partial charge >= 0.3 is 0 Å². The van der Waals surface area contributed by atoms with Crippen LogP contribution in [0.4, 0.5) is 5.69 Å². The van der Waals surface area contributed by atoms with Gasteiger partial charge in [-0.15, -0.1) is 0 Å². The third kappa shape index (κ3) is 5.39. The van der Waals surface area contributed by atoms with Crippen molar-refractivity contribution in [2.24, 2.45) is 0 Å². The molecule has 4 rings (SSSR count). The van der Waals surface area contributed by atoms with Crippen LogP contribution in [-0.4, -0.2) is 29.5 Å². The topological polar surface area (TPSA) is 96.2 Å². The van der Waals surface area contributed by atoms with E-state index >= 15 is 0 Å². The lowest BCUT2D eigenvalue weighted by Gasteiger charge is -2.10. The number of nitrogens with one attached hydrogen (secondary N) is 2. The molecule has 1 heterocycles. The maximum atomic E-state index is 12.8. The van der Waals surface area contributed by atoms with Crippen molar-refractivity contribution in [1.29, 1.82) is 5.26 Å². The van der Waals surface area contributed by atoms with Crippen LogP contribution in [0.15, 0.2) is 54.1 Å². The average Bonchev–Trinajstić information content (AvgIpc) is 3.61. The van der Waals surface area contributed by atoms with E-state index in [1.807, 2.05) is 54.8 Å². The van der Waals surface area contributed by atoms with E-state index in [1.165, 1.54) is 6.07 Å². The minimum Gasteiger partial charge on any atom is -0.497 e. The number of carbonyl (C=O) groups excluding carboxylic acids is 2. The molecule has 35 heavy (non-hydrogen) atoms. The molecule has 0 saturated heterocycles. The average molecular weight is 489 g/mol. The van der Waals surface area contributed by atoms with Crippen molar-refractivity contribution in [3.8, 4) is 17.5 Å². The number of rotatable bonds is 7. The summed E-state index contributed by atoms with van der Waals surface area (Å²) in [7, 11) is 1.62. The lowest BCUT2D eigenvalue weighted by molar-refractivity contribution is -0.112. The van der Waals surface area contributed by atoms with Crippen LogP contribution in [-0.2, 0) is 4.79 Å². The van der Waals surface area contributed by atoms with Gasteiger partial charge in [-0.25, -0.2) is 0 Å². The molecule has 178 valence electrons. The van der Waals surface area contributed by atoms with Crippen LogP contribution >= 0.6 is 11.6 Å². The van der Waals surface area contributed by atoms with Crippen molar-refractivity contribution >= 4 is 35.2 Å². The first-order valence-corrected chi connectivity index (χ1v) is 11.6. The number of halogens is 1. The molecular formula is C27H25ClN4O3. The number of amides is 2. The maximum absolute atomic E-state index is 12.8. The number of methoxy groups -OCH3 is 1. The fraction of sp³-hybridized carbons (Fsp3) is 0.222. The summed E-state index contributed by atoms with van der Waals surface area (Å²) in [6.07, 6.45) is 3.52. The molecule has 0 spiro atoms. The summed E-state index contributed by atoms with van der Waals surface area (Å²) < 4.78 is 7.27. The Bertz CT molecular complexity index is 1360. The van der Waals surface area contributed by atoms with Crippen molar-refractivity contribution in [3.05, 3.63) is 81.6 Å². The van der Waals surface area contributed by atoms with Crippen LogP contribution < -0.4 is 15.4 Å². The number of benzene rings is 2. The Kier molecular flexibility index (Phi) is 6.94. The van der Waals surface area contributed by atoms with E-state index in [2.05, 4.69) is 10.6 Å². The first-order chi connectivity index (χ1) is 16.8. The van der Waals surface area contributed by atoms with Crippen LogP contribution in [0.5, 0.6) is 5.75 Å². The van der Waals surface area contributed by atoms with Crippen molar-refractivity contribution in [1.82, 2.24) is 9.88 Å². The number of aromatic nitrogens is 1. The van der Waals surface area contributed by atoms with E-state index in [4.69, 9.17) is 16.3 Å². The molecule has 2 amide bonds. The second-order valence-electron chi connectivity index (χ2n) is 8.43. The molecule has 0 aliphatic heterocycles. The Labute approximate surface area is 209 Å². The van der Waals surface area contributed by atoms with Gasteiger partial charge in [-0.2, -0.15) is 5.26 Å². The minimum absolute atomic E-state index is 0.0494. The van der Waals surface area contributed by atoms with Gasteiger partial charge in [-0.05, 0) is 86.9 Å². The second kappa shape index (κ2) is 10.1. The van der Waals surface area contributed by atoms with Crippen molar-refractivity contribution in [2.45, 2.75) is 32.7 Å². The largest absolute Gasteiger partial charge is 0.497 e. The summed E-state index contributed by atoms with van der Waals surface area (Å²) >= 11 is 6.27. The Hall–Kier alpha value is -4.02. The molecule has 8 heteroatoms. The first kappa shape index (κ1) is 24.1. The van der Waals surface area contributed by atoms with Gasteiger partial charge in [0, 0.05) is 28.8 Å². The summed E-state index contributed by atoms with van der Waals surface area (Å²) in [5.74, 6) is -0.0374. The van der Waals surface area contributed by atoms with Gasteiger partial charge in [-0.3, -0.25) is 9.59 Å². The number of anilines is 1. The van der Waals surface area contributed by atoms with Crippen LogP contribution in [0.1, 0.15) is 40.2 Å². The summed E-state index contributed by atoms with van der Waals surface area (Å²) in [6.45, 7) is 3.89. The molecule has 0 bridgehead atoms. The van der Waals surface area contributed by atoms with Gasteiger partial charge in [0.2, 0.25) is 0 Å². The molecule has 0 radical (unpaired) electrons. The zero-order valence-electron chi connectivity index (χ0n) is 19.7. The van der Waals surface area contributed by atoms with Gasteiger partial charge in [0.05, 0.1) is 17.7 Å². The lowest BCUT2D eigenvalue weighted by Crippen LogP contribution is -2.25. The highest BCUT2D eigenvalue weighted by molar-refractivity contribution is 6.34. The number of ether oxygens (including phenoxy) is 1. The second-order valence-corrected chi connectivity index (χ2v) is 8.83. The highest BCUT2D eigenvalue weighted by Crippen LogP contribution is 2.26. The number of nitrogens with zero attached hydrogens (tertiary/aromatic N) is 2. The molecule has 1 aliphatic rings. The number of aryl methyl sites for hydroxylation is 1. The number of nitriles is 1.